The van der Waals surface area contributed by atoms with Crippen molar-refractivity contribution in [2.75, 3.05) is 18.4 Å². The second kappa shape index (κ2) is 7.10. The molecule has 23 heavy (non-hydrogen) atoms. The summed E-state index contributed by atoms with van der Waals surface area (Å²) in [4.78, 5) is 24.5. The lowest BCUT2D eigenvalue weighted by atomic mass is 10.3. The summed E-state index contributed by atoms with van der Waals surface area (Å²) in [6.45, 7) is 4.39. The molecule has 0 radical (unpaired) electrons. The topological polar surface area (TPSA) is 95.6 Å². The van der Waals surface area contributed by atoms with Crippen LogP contribution in [0.25, 0.3) is 0 Å². The number of nitrogens with one attached hydrogen (secondary N) is 2. The number of benzene rings is 1. The molecule has 1 saturated heterocycles. The number of carbonyl (C=O) groups is 2. The van der Waals surface area contributed by atoms with Crippen molar-refractivity contribution in [1.82, 2.24) is 9.62 Å². The lowest BCUT2D eigenvalue weighted by Gasteiger charge is -2.16. The van der Waals surface area contributed by atoms with Crippen molar-refractivity contribution in [2.45, 2.75) is 37.6 Å². The molecular formula is C15H21N3O4S. The molecule has 0 bridgehead atoms. The molecule has 1 aliphatic rings. The van der Waals surface area contributed by atoms with Crippen LogP contribution in [0.3, 0.4) is 0 Å². The highest BCUT2D eigenvalue weighted by Gasteiger charge is 2.32. The van der Waals surface area contributed by atoms with Gasteiger partial charge in [0.25, 0.3) is 0 Å². The Morgan fingerprint density at radius 1 is 1.30 bits per heavy atom. The van der Waals surface area contributed by atoms with Gasteiger partial charge in [0.05, 0.1) is 4.90 Å². The van der Waals surface area contributed by atoms with Crippen LogP contribution in [0.2, 0.25) is 0 Å². The van der Waals surface area contributed by atoms with Crippen molar-refractivity contribution in [1.29, 1.82) is 0 Å². The van der Waals surface area contributed by atoms with Gasteiger partial charge in [0.1, 0.15) is 0 Å². The summed E-state index contributed by atoms with van der Waals surface area (Å²) < 4.78 is 27.3. The first-order valence-electron chi connectivity index (χ1n) is 7.49. The van der Waals surface area contributed by atoms with Gasteiger partial charge in [-0.15, -0.1) is 0 Å². The minimum atomic E-state index is -3.69. The van der Waals surface area contributed by atoms with Gasteiger partial charge in [-0.1, -0.05) is 6.92 Å². The fourth-order valence-electron chi connectivity index (χ4n) is 2.55. The van der Waals surface area contributed by atoms with Gasteiger partial charge in [0.15, 0.2) is 0 Å². The smallest absolute Gasteiger partial charge is 0.240 e. The lowest BCUT2D eigenvalue weighted by molar-refractivity contribution is -0.127. The molecular weight excluding hydrogens is 318 g/mol. The van der Waals surface area contributed by atoms with Crippen LogP contribution >= 0.6 is 0 Å². The molecule has 0 saturated carbocycles. The number of nitrogens with zero attached hydrogens (tertiary/aromatic N) is 1. The first-order chi connectivity index (χ1) is 10.8. The molecule has 1 aromatic carbocycles. The van der Waals surface area contributed by atoms with Crippen LogP contribution in [0.15, 0.2) is 29.2 Å². The van der Waals surface area contributed by atoms with E-state index in [1.165, 1.54) is 31.2 Å². The van der Waals surface area contributed by atoms with Gasteiger partial charge in [-0.05, 0) is 30.7 Å². The predicted molar refractivity (Wildman–Crippen MR) is 86.3 cm³/mol. The molecule has 8 heteroatoms. The third kappa shape index (κ3) is 4.52. The van der Waals surface area contributed by atoms with Gasteiger partial charge in [-0.3, -0.25) is 9.59 Å². The van der Waals surface area contributed by atoms with Crippen molar-refractivity contribution in [2.24, 2.45) is 0 Å². The molecule has 7 nitrogen and oxygen atoms in total. The number of rotatable bonds is 6. The Bertz CT molecular complexity index is 685. The Labute approximate surface area is 136 Å². The molecule has 2 amide bonds. The minimum absolute atomic E-state index is 0.0273. The maximum atomic E-state index is 12.4. The van der Waals surface area contributed by atoms with E-state index in [2.05, 4.69) is 10.0 Å². The van der Waals surface area contributed by atoms with Gasteiger partial charge < -0.3 is 10.2 Å². The zero-order chi connectivity index (χ0) is 17.0. The number of amides is 2. The SMILES string of the molecule is CCCN1C[C@H](NS(=O)(=O)c2ccc(NC(C)=O)cc2)CC1=O. The zero-order valence-corrected chi connectivity index (χ0v) is 14.0. The standard InChI is InChI=1S/C15H21N3O4S/c1-3-8-18-10-13(9-15(18)20)17-23(21,22)14-6-4-12(5-7-14)16-11(2)19/h4-7,13,17H,3,8-10H2,1-2H3,(H,16,19)/t13-/m1/s1. The molecule has 0 unspecified atom stereocenters. The molecule has 1 aliphatic heterocycles. The fraction of sp³-hybridized carbons (Fsp3) is 0.467. The molecule has 0 aliphatic carbocycles. The fourth-order valence-corrected chi connectivity index (χ4v) is 3.77. The molecule has 0 spiro atoms. The maximum absolute atomic E-state index is 12.4. The number of likely N-dealkylation sites (tertiary alicyclic amines) is 1. The van der Waals surface area contributed by atoms with Gasteiger partial charge in [0.2, 0.25) is 21.8 Å². The lowest BCUT2D eigenvalue weighted by Crippen LogP contribution is -2.37. The number of sulfonamides is 1. The zero-order valence-electron chi connectivity index (χ0n) is 13.2. The van der Waals surface area contributed by atoms with Crippen LogP contribution in [0.4, 0.5) is 5.69 Å². The molecule has 0 aromatic heterocycles. The number of anilines is 1. The van der Waals surface area contributed by atoms with Gasteiger partial charge in [-0.2, -0.15) is 0 Å². The number of hydrogen-bond donors (Lipinski definition) is 2. The Hall–Kier alpha value is -1.93. The van der Waals surface area contributed by atoms with Crippen LogP contribution < -0.4 is 10.0 Å². The first kappa shape index (κ1) is 17.4. The predicted octanol–water partition coefficient (Wildman–Crippen LogP) is 0.934. The van der Waals surface area contributed by atoms with Crippen molar-refractivity contribution < 1.29 is 18.0 Å². The van der Waals surface area contributed by atoms with E-state index in [9.17, 15) is 18.0 Å². The molecule has 2 N–H and O–H groups in total. The van der Waals surface area contributed by atoms with E-state index >= 15 is 0 Å². The number of carbonyl (C=O) groups excluding carboxylic acids is 2. The van der Waals surface area contributed by atoms with E-state index in [-0.39, 0.29) is 23.1 Å². The van der Waals surface area contributed by atoms with E-state index in [1.54, 1.807) is 4.90 Å². The van der Waals surface area contributed by atoms with Crippen LogP contribution in [-0.2, 0) is 19.6 Å². The summed E-state index contributed by atoms with van der Waals surface area (Å²) in [6, 6.07) is 5.50. The third-order valence-corrected chi connectivity index (χ3v) is 5.05. The molecule has 2 rings (SSSR count). The second-order valence-corrected chi connectivity index (χ2v) is 7.28. The van der Waals surface area contributed by atoms with Crippen molar-refractivity contribution in [3.63, 3.8) is 0 Å². The highest BCUT2D eigenvalue weighted by Crippen LogP contribution is 2.17. The molecule has 1 heterocycles. The van der Waals surface area contributed by atoms with Crippen LogP contribution in [0, 0.1) is 0 Å². The summed E-state index contributed by atoms with van der Waals surface area (Å²) in [7, 11) is -3.69. The van der Waals surface area contributed by atoms with E-state index in [4.69, 9.17) is 0 Å². The summed E-state index contributed by atoms with van der Waals surface area (Å²) in [6.07, 6.45) is 1.03. The Morgan fingerprint density at radius 3 is 2.52 bits per heavy atom. The van der Waals surface area contributed by atoms with Gasteiger partial charge in [-0.25, -0.2) is 13.1 Å². The van der Waals surface area contributed by atoms with Crippen molar-refractivity contribution >= 4 is 27.5 Å². The Kier molecular flexibility index (Phi) is 5.38. The third-order valence-electron chi connectivity index (χ3n) is 3.51. The maximum Gasteiger partial charge on any atom is 0.240 e. The highest BCUT2D eigenvalue weighted by atomic mass is 32.2. The quantitative estimate of drug-likeness (QED) is 0.806. The molecule has 1 fully saturated rings. The average Bonchev–Trinajstić information content (AvgIpc) is 2.78. The monoisotopic (exact) mass is 339 g/mol. The van der Waals surface area contributed by atoms with Crippen LogP contribution in [0.5, 0.6) is 0 Å². The van der Waals surface area contributed by atoms with E-state index in [0.29, 0.717) is 18.8 Å². The molecule has 1 atom stereocenters. The first-order valence-corrected chi connectivity index (χ1v) is 8.98. The number of hydrogen-bond acceptors (Lipinski definition) is 4. The summed E-state index contributed by atoms with van der Waals surface area (Å²) in [5, 5.41) is 2.58. The van der Waals surface area contributed by atoms with E-state index in [1.807, 2.05) is 6.92 Å². The van der Waals surface area contributed by atoms with Gasteiger partial charge in [0, 0.05) is 38.2 Å². The largest absolute Gasteiger partial charge is 0.341 e. The summed E-state index contributed by atoms with van der Waals surface area (Å²) >= 11 is 0. The Morgan fingerprint density at radius 2 is 1.96 bits per heavy atom. The molecule has 1 aromatic rings. The minimum Gasteiger partial charge on any atom is -0.341 e. The highest BCUT2D eigenvalue weighted by molar-refractivity contribution is 7.89. The van der Waals surface area contributed by atoms with E-state index in [0.717, 1.165) is 6.42 Å². The van der Waals surface area contributed by atoms with E-state index < -0.39 is 16.1 Å². The normalized spacial score (nSPS) is 18.3. The van der Waals surface area contributed by atoms with Crippen LogP contribution in [0.1, 0.15) is 26.7 Å². The van der Waals surface area contributed by atoms with Crippen molar-refractivity contribution in [3.8, 4) is 0 Å². The summed E-state index contributed by atoms with van der Waals surface area (Å²) in [5.74, 6) is -0.250. The van der Waals surface area contributed by atoms with Crippen molar-refractivity contribution in [3.05, 3.63) is 24.3 Å². The van der Waals surface area contributed by atoms with Gasteiger partial charge >= 0.3 is 0 Å². The second-order valence-electron chi connectivity index (χ2n) is 5.57. The van der Waals surface area contributed by atoms with Crippen LogP contribution in [-0.4, -0.2) is 44.3 Å². The summed E-state index contributed by atoms with van der Waals surface area (Å²) in [5.41, 5.74) is 0.529. The average molecular weight is 339 g/mol. The Balaban J connectivity index is 2.04. The molecule has 126 valence electrons.